The average Bonchev–Trinajstić information content (AvgIpc) is 3.29. The normalized spacial score (nSPS) is 11.3. The summed E-state index contributed by atoms with van der Waals surface area (Å²) in [6.45, 7) is 0.979. The summed E-state index contributed by atoms with van der Waals surface area (Å²) in [7, 11) is 8.02. The molecule has 0 unspecified atom stereocenters. The van der Waals surface area contributed by atoms with Gasteiger partial charge in [0.15, 0.2) is 11.5 Å². The average molecular weight is 455 g/mol. The van der Waals surface area contributed by atoms with E-state index in [1.807, 2.05) is 61.9 Å². The lowest BCUT2D eigenvalue weighted by atomic mass is 10.2. The Morgan fingerprint density at radius 1 is 0.765 bits per heavy atom. The molecule has 1 aromatic heterocycles. The molecule has 9 nitrogen and oxygen atoms in total. The van der Waals surface area contributed by atoms with Gasteiger partial charge < -0.3 is 14.4 Å². The molecule has 0 fully saturated rings. The van der Waals surface area contributed by atoms with Gasteiger partial charge in [0.05, 0.1) is 19.4 Å². The van der Waals surface area contributed by atoms with E-state index in [0.717, 1.165) is 22.5 Å². The number of imidazole rings is 2. The molecule has 172 valence electrons. The Kier molecular flexibility index (Phi) is 5.45. The van der Waals surface area contributed by atoms with Crippen LogP contribution >= 0.6 is 0 Å². The minimum atomic E-state index is -0.347. The zero-order valence-electron chi connectivity index (χ0n) is 19.7. The SMILES string of the molecule is CN(C)c1ccc(Cn2c3ncnc4c(ncn4Cc4ccc(N(C)C)cc4)c-3nc2=O)cc1. The van der Waals surface area contributed by atoms with Gasteiger partial charge in [-0.1, -0.05) is 24.3 Å². The second-order valence-electron chi connectivity index (χ2n) is 8.69. The Morgan fingerprint density at radius 3 is 1.94 bits per heavy atom. The fourth-order valence-corrected chi connectivity index (χ4v) is 3.97. The summed E-state index contributed by atoms with van der Waals surface area (Å²) in [5, 5.41) is 0. The van der Waals surface area contributed by atoms with Gasteiger partial charge in [0, 0.05) is 39.6 Å². The van der Waals surface area contributed by atoms with E-state index in [0.29, 0.717) is 35.8 Å². The summed E-state index contributed by atoms with van der Waals surface area (Å²) in [6, 6.07) is 16.4. The maximum absolute atomic E-state index is 12.8. The van der Waals surface area contributed by atoms with Gasteiger partial charge in [-0.25, -0.2) is 19.7 Å². The summed E-state index contributed by atoms with van der Waals surface area (Å²) in [6.07, 6.45) is 3.21. The topological polar surface area (TPSA) is 85.0 Å². The Hall–Kier alpha value is -4.27. The number of benzene rings is 2. The number of aromatic nitrogens is 6. The first-order valence-corrected chi connectivity index (χ1v) is 11.0. The molecule has 2 aliphatic rings. The van der Waals surface area contributed by atoms with Gasteiger partial charge in [-0.3, -0.25) is 4.57 Å². The van der Waals surface area contributed by atoms with Gasteiger partial charge in [-0.05, 0) is 35.4 Å². The van der Waals surface area contributed by atoms with Gasteiger partial charge in [-0.15, -0.1) is 0 Å². The third-order valence-corrected chi connectivity index (χ3v) is 5.90. The molecule has 3 aromatic rings. The van der Waals surface area contributed by atoms with Crippen LogP contribution in [0.25, 0.3) is 22.7 Å². The van der Waals surface area contributed by atoms with Gasteiger partial charge in [0.25, 0.3) is 0 Å². The number of fused-ring (bicyclic) bond motifs is 3. The van der Waals surface area contributed by atoms with Crippen molar-refractivity contribution in [3.05, 3.63) is 82.8 Å². The molecule has 0 radical (unpaired) electrons. The highest BCUT2D eigenvalue weighted by atomic mass is 16.1. The summed E-state index contributed by atoms with van der Waals surface area (Å²) in [5.41, 5.74) is 5.67. The molecule has 34 heavy (non-hydrogen) atoms. The molecular formula is C25H26N8O. The molecule has 3 heterocycles. The van der Waals surface area contributed by atoms with Crippen molar-refractivity contribution >= 4 is 22.5 Å². The largest absolute Gasteiger partial charge is 0.378 e. The van der Waals surface area contributed by atoms with Crippen molar-refractivity contribution in [2.75, 3.05) is 38.0 Å². The van der Waals surface area contributed by atoms with E-state index in [9.17, 15) is 4.79 Å². The van der Waals surface area contributed by atoms with Crippen LogP contribution in [0.2, 0.25) is 0 Å². The zero-order valence-corrected chi connectivity index (χ0v) is 19.7. The lowest BCUT2D eigenvalue weighted by Gasteiger charge is -2.12. The van der Waals surface area contributed by atoms with E-state index in [-0.39, 0.29) is 5.69 Å². The van der Waals surface area contributed by atoms with Gasteiger partial charge in [0.2, 0.25) is 0 Å². The van der Waals surface area contributed by atoms with Crippen LogP contribution in [-0.4, -0.2) is 57.3 Å². The fraction of sp³-hybridized carbons (Fsp3) is 0.240. The molecule has 5 rings (SSSR count). The second-order valence-corrected chi connectivity index (χ2v) is 8.69. The standard InChI is InChI=1S/C25H26N8O/c1-30(2)19-9-5-17(6-10-19)13-32-16-28-21-22-24(27-15-26-23(21)32)33(25(34)29-22)14-18-7-11-20(12-8-18)31(3)4/h5-12,15-16H,13-14H2,1-4H3. The molecule has 0 aliphatic carbocycles. The Morgan fingerprint density at radius 2 is 1.35 bits per heavy atom. The first kappa shape index (κ1) is 21.6. The number of rotatable bonds is 6. The molecule has 0 spiro atoms. The van der Waals surface area contributed by atoms with Crippen LogP contribution in [0, 0.1) is 0 Å². The highest BCUT2D eigenvalue weighted by Gasteiger charge is 2.21. The fourth-order valence-electron chi connectivity index (χ4n) is 3.97. The summed E-state index contributed by atoms with van der Waals surface area (Å²) in [4.78, 5) is 34.7. The predicted octanol–water partition coefficient (Wildman–Crippen LogP) is 2.72. The van der Waals surface area contributed by atoms with E-state index in [1.165, 1.54) is 6.33 Å². The number of hydrogen-bond acceptors (Lipinski definition) is 7. The van der Waals surface area contributed by atoms with E-state index in [4.69, 9.17) is 0 Å². The lowest BCUT2D eigenvalue weighted by molar-refractivity contribution is 0.758. The molecule has 9 heteroatoms. The van der Waals surface area contributed by atoms with Crippen LogP contribution in [0.3, 0.4) is 0 Å². The molecule has 2 aromatic carbocycles. The maximum Gasteiger partial charge on any atom is 0.350 e. The quantitative estimate of drug-likeness (QED) is 0.390. The van der Waals surface area contributed by atoms with E-state index < -0.39 is 0 Å². The van der Waals surface area contributed by atoms with Crippen molar-refractivity contribution in [2.45, 2.75) is 13.1 Å². The van der Waals surface area contributed by atoms with Crippen LogP contribution < -0.4 is 15.5 Å². The van der Waals surface area contributed by atoms with E-state index in [2.05, 4.69) is 49.1 Å². The summed E-state index contributed by atoms with van der Waals surface area (Å²) >= 11 is 0. The smallest absolute Gasteiger partial charge is 0.350 e. The molecule has 0 saturated heterocycles. The third-order valence-electron chi connectivity index (χ3n) is 5.90. The second kappa shape index (κ2) is 8.58. The first-order chi connectivity index (χ1) is 16.4. The number of hydrogen-bond donors (Lipinski definition) is 0. The molecular weight excluding hydrogens is 428 g/mol. The number of nitrogens with zero attached hydrogens (tertiary/aromatic N) is 8. The summed E-state index contributed by atoms with van der Waals surface area (Å²) < 4.78 is 3.52. The van der Waals surface area contributed by atoms with Crippen LogP contribution in [0.4, 0.5) is 11.4 Å². The zero-order chi connectivity index (χ0) is 23.8. The molecule has 0 saturated carbocycles. The molecule has 0 amide bonds. The van der Waals surface area contributed by atoms with Crippen molar-refractivity contribution in [3.63, 3.8) is 0 Å². The highest BCUT2D eigenvalue weighted by molar-refractivity contribution is 5.85. The van der Waals surface area contributed by atoms with Crippen LogP contribution in [0.15, 0.2) is 66.0 Å². The maximum atomic E-state index is 12.8. The molecule has 0 bridgehead atoms. The Bertz CT molecular complexity index is 1470. The Labute approximate surface area is 197 Å². The van der Waals surface area contributed by atoms with Crippen LogP contribution in [0.5, 0.6) is 0 Å². The van der Waals surface area contributed by atoms with Crippen molar-refractivity contribution < 1.29 is 0 Å². The minimum Gasteiger partial charge on any atom is -0.378 e. The highest BCUT2D eigenvalue weighted by Crippen LogP contribution is 2.24. The van der Waals surface area contributed by atoms with Gasteiger partial charge in [0.1, 0.15) is 17.5 Å². The van der Waals surface area contributed by atoms with Crippen molar-refractivity contribution in [1.29, 1.82) is 0 Å². The van der Waals surface area contributed by atoms with Crippen LogP contribution in [0.1, 0.15) is 11.1 Å². The van der Waals surface area contributed by atoms with Gasteiger partial charge in [-0.2, -0.15) is 4.98 Å². The molecule has 0 atom stereocenters. The van der Waals surface area contributed by atoms with E-state index in [1.54, 1.807) is 10.9 Å². The van der Waals surface area contributed by atoms with Gasteiger partial charge >= 0.3 is 5.69 Å². The predicted molar refractivity (Wildman–Crippen MR) is 134 cm³/mol. The van der Waals surface area contributed by atoms with Crippen LogP contribution in [-0.2, 0) is 13.1 Å². The van der Waals surface area contributed by atoms with Crippen molar-refractivity contribution in [1.82, 2.24) is 29.1 Å². The number of anilines is 2. The van der Waals surface area contributed by atoms with Crippen molar-refractivity contribution in [3.8, 4) is 11.5 Å². The van der Waals surface area contributed by atoms with Crippen molar-refractivity contribution in [2.24, 2.45) is 0 Å². The third kappa shape index (κ3) is 3.96. The van der Waals surface area contributed by atoms with E-state index >= 15 is 0 Å². The minimum absolute atomic E-state index is 0.347. The lowest BCUT2D eigenvalue weighted by Crippen LogP contribution is -2.18. The Balaban J connectivity index is 1.48. The molecule has 0 N–H and O–H groups in total. The monoisotopic (exact) mass is 454 g/mol. The first-order valence-electron chi connectivity index (χ1n) is 11.0. The molecule has 2 aliphatic heterocycles. The summed E-state index contributed by atoms with van der Waals surface area (Å²) in [5.74, 6) is 0.477.